The molecular weight excluding hydrogens is 370 g/mol. The predicted octanol–water partition coefficient (Wildman–Crippen LogP) is 5.08. The monoisotopic (exact) mass is 381 g/mol. The van der Waals surface area contributed by atoms with Crippen LogP contribution in [0.25, 0.3) is 0 Å². The van der Waals surface area contributed by atoms with E-state index >= 15 is 0 Å². The van der Waals surface area contributed by atoms with E-state index in [1.165, 1.54) is 0 Å². The van der Waals surface area contributed by atoms with Crippen molar-refractivity contribution in [3.63, 3.8) is 0 Å². The lowest BCUT2D eigenvalue weighted by Gasteiger charge is -2.09. The van der Waals surface area contributed by atoms with Crippen LogP contribution in [0.4, 0.5) is 5.69 Å². The first-order valence-corrected chi connectivity index (χ1v) is 7.39. The second-order valence-electron chi connectivity index (χ2n) is 4.38. The smallest absolute Gasteiger partial charge is 0.255 e. The molecule has 0 aromatic heterocycles. The summed E-state index contributed by atoms with van der Waals surface area (Å²) in [7, 11) is 0. The van der Waals surface area contributed by atoms with E-state index in [0.29, 0.717) is 5.56 Å². The SMILES string of the molecule is Cc1cc(C(=O)Nc2cc(Br)ccc2C)ccc1Br. The van der Waals surface area contributed by atoms with E-state index in [4.69, 9.17) is 0 Å². The predicted molar refractivity (Wildman–Crippen MR) is 85.7 cm³/mol. The van der Waals surface area contributed by atoms with Gasteiger partial charge in [-0.05, 0) is 55.3 Å². The minimum absolute atomic E-state index is 0.100. The van der Waals surface area contributed by atoms with E-state index in [2.05, 4.69) is 37.2 Å². The summed E-state index contributed by atoms with van der Waals surface area (Å²) in [5.74, 6) is -0.100. The second-order valence-corrected chi connectivity index (χ2v) is 6.15. The minimum atomic E-state index is -0.100. The zero-order valence-corrected chi connectivity index (χ0v) is 13.8. The summed E-state index contributed by atoms with van der Waals surface area (Å²) >= 11 is 6.83. The molecule has 0 aliphatic carbocycles. The molecule has 0 bridgehead atoms. The standard InChI is InChI=1S/C15H13Br2NO/c1-9-3-5-12(16)8-14(9)18-15(19)11-4-6-13(17)10(2)7-11/h3-8H,1-2H3,(H,18,19). The summed E-state index contributed by atoms with van der Waals surface area (Å²) in [6, 6.07) is 11.4. The van der Waals surface area contributed by atoms with Crippen molar-refractivity contribution >= 4 is 43.5 Å². The van der Waals surface area contributed by atoms with Crippen LogP contribution in [-0.4, -0.2) is 5.91 Å². The molecule has 2 rings (SSSR count). The maximum absolute atomic E-state index is 12.2. The molecule has 0 heterocycles. The maximum atomic E-state index is 12.2. The van der Waals surface area contributed by atoms with Crippen LogP contribution >= 0.6 is 31.9 Å². The molecule has 2 aromatic rings. The lowest BCUT2D eigenvalue weighted by Crippen LogP contribution is -2.13. The van der Waals surface area contributed by atoms with Gasteiger partial charge in [0.15, 0.2) is 0 Å². The number of hydrogen-bond donors (Lipinski definition) is 1. The Hall–Kier alpha value is -1.13. The van der Waals surface area contributed by atoms with E-state index < -0.39 is 0 Å². The lowest BCUT2D eigenvalue weighted by molar-refractivity contribution is 0.102. The number of carbonyl (C=O) groups is 1. The number of rotatable bonds is 2. The molecule has 0 radical (unpaired) electrons. The van der Waals surface area contributed by atoms with Gasteiger partial charge in [-0.2, -0.15) is 0 Å². The molecule has 0 spiro atoms. The maximum Gasteiger partial charge on any atom is 0.255 e. The van der Waals surface area contributed by atoms with Crippen molar-refractivity contribution < 1.29 is 4.79 Å². The summed E-state index contributed by atoms with van der Waals surface area (Å²) in [6.07, 6.45) is 0. The van der Waals surface area contributed by atoms with Crippen LogP contribution in [0.15, 0.2) is 45.3 Å². The van der Waals surface area contributed by atoms with Gasteiger partial charge in [0.05, 0.1) is 0 Å². The molecule has 0 atom stereocenters. The highest BCUT2D eigenvalue weighted by Gasteiger charge is 2.09. The number of halogens is 2. The number of aryl methyl sites for hydroxylation is 2. The van der Waals surface area contributed by atoms with Crippen molar-refractivity contribution in [2.45, 2.75) is 13.8 Å². The van der Waals surface area contributed by atoms with Crippen LogP contribution in [0.3, 0.4) is 0 Å². The Morgan fingerprint density at radius 3 is 2.42 bits per heavy atom. The Morgan fingerprint density at radius 1 is 1.00 bits per heavy atom. The number of anilines is 1. The molecule has 1 amide bonds. The Kier molecular flexibility index (Phi) is 4.42. The molecular formula is C15H13Br2NO. The fourth-order valence-electron chi connectivity index (χ4n) is 1.71. The fourth-order valence-corrected chi connectivity index (χ4v) is 2.32. The topological polar surface area (TPSA) is 29.1 Å². The van der Waals surface area contributed by atoms with Gasteiger partial charge < -0.3 is 5.32 Å². The van der Waals surface area contributed by atoms with Crippen LogP contribution in [0.2, 0.25) is 0 Å². The Labute approximate surface area is 129 Å². The molecule has 2 aromatic carbocycles. The highest BCUT2D eigenvalue weighted by molar-refractivity contribution is 9.10. The average Bonchev–Trinajstić information content (AvgIpc) is 2.37. The normalized spacial score (nSPS) is 10.3. The van der Waals surface area contributed by atoms with Gasteiger partial charge in [0.2, 0.25) is 0 Å². The summed E-state index contributed by atoms with van der Waals surface area (Å²) in [6.45, 7) is 3.93. The second kappa shape index (κ2) is 5.88. The van der Waals surface area contributed by atoms with Gasteiger partial charge in [0.1, 0.15) is 0 Å². The number of hydrogen-bond acceptors (Lipinski definition) is 1. The van der Waals surface area contributed by atoms with Crippen LogP contribution in [-0.2, 0) is 0 Å². The van der Waals surface area contributed by atoms with Crippen molar-refractivity contribution in [1.82, 2.24) is 0 Å². The number of benzene rings is 2. The van der Waals surface area contributed by atoms with Crippen LogP contribution < -0.4 is 5.32 Å². The van der Waals surface area contributed by atoms with Gasteiger partial charge in [-0.1, -0.05) is 37.9 Å². The van der Waals surface area contributed by atoms with E-state index in [0.717, 1.165) is 25.8 Å². The van der Waals surface area contributed by atoms with Crippen molar-refractivity contribution in [3.05, 3.63) is 62.0 Å². The quantitative estimate of drug-likeness (QED) is 0.770. The van der Waals surface area contributed by atoms with Crippen LogP contribution in [0.1, 0.15) is 21.5 Å². The van der Waals surface area contributed by atoms with Crippen molar-refractivity contribution in [2.24, 2.45) is 0 Å². The summed E-state index contributed by atoms with van der Waals surface area (Å²) in [5, 5.41) is 2.93. The molecule has 0 saturated carbocycles. The molecule has 19 heavy (non-hydrogen) atoms. The Balaban J connectivity index is 2.25. The first-order chi connectivity index (χ1) is 8.97. The summed E-state index contributed by atoms with van der Waals surface area (Å²) in [5.41, 5.74) is 3.55. The highest BCUT2D eigenvalue weighted by atomic mass is 79.9. The molecule has 1 N–H and O–H groups in total. The Bertz CT molecular complexity index is 638. The van der Waals surface area contributed by atoms with Gasteiger partial charge in [-0.25, -0.2) is 0 Å². The first-order valence-electron chi connectivity index (χ1n) is 5.81. The van der Waals surface area contributed by atoms with Gasteiger partial charge >= 0.3 is 0 Å². The average molecular weight is 383 g/mol. The summed E-state index contributed by atoms with van der Waals surface area (Å²) in [4.78, 5) is 12.2. The van der Waals surface area contributed by atoms with Gasteiger partial charge in [0.25, 0.3) is 5.91 Å². The highest BCUT2D eigenvalue weighted by Crippen LogP contribution is 2.22. The van der Waals surface area contributed by atoms with Crippen molar-refractivity contribution in [1.29, 1.82) is 0 Å². The van der Waals surface area contributed by atoms with Crippen molar-refractivity contribution in [3.8, 4) is 0 Å². The lowest BCUT2D eigenvalue weighted by atomic mass is 10.1. The first kappa shape index (κ1) is 14.3. The molecule has 0 aliphatic heterocycles. The molecule has 98 valence electrons. The van der Waals surface area contributed by atoms with E-state index in [9.17, 15) is 4.79 Å². The zero-order chi connectivity index (χ0) is 14.0. The number of carbonyl (C=O) groups excluding carboxylic acids is 1. The molecule has 0 fully saturated rings. The largest absolute Gasteiger partial charge is 0.322 e. The molecule has 0 aliphatic rings. The fraction of sp³-hybridized carbons (Fsp3) is 0.133. The van der Waals surface area contributed by atoms with Crippen molar-refractivity contribution in [2.75, 3.05) is 5.32 Å². The van der Waals surface area contributed by atoms with Gasteiger partial charge in [0, 0.05) is 20.2 Å². The van der Waals surface area contributed by atoms with Crippen LogP contribution in [0, 0.1) is 13.8 Å². The number of nitrogens with one attached hydrogen (secondary N) is 1. The third-order valence-corrected chi connectivity index (χ3v) is 4.25. The summed E-state index contributed by atoms with van der Waals surface area (Å²) < 4.78 is 1.95. The van der Waals surface area contributed by atoms with E-state index in [1.54, 1.807) is 6.07 Å². The molecule has 0 saturated heterocycles. The third-order valence-electron chi connectivity index (χ3n) is 2.87. The van der Waals surface area contributed by atoms with E-state index in [-0.39, 0.29) is 5.91 Å². The minimum Gasteiger partial charge on any atom is -0.322 e. The zero-order valence-electron chi connectivity index (χ0n) is 10.6. The molecule has 4 heteroatoms. The molecule has 2 nitrogen and oxygen atoms in total. The van der Waals surface area contributed by atoms with Gasteiger partial charge in [-0.3, -0.25) is 4.79 Å². The third kappa shape index (κ3) is 3.45. The van der Waals surface area contributed by atoms with Crippen LogP contribution in [0.5, 0.6) is 0 Å². The number of amides is 1. The molecule has 0 unspecified atom stereocenters. The van der Waals surface area contributed by atoms with E-state index in [1.807, 2.05) is 44.2 Å². The Morgan fingerprint density at radius 2 is 1.74 bits per heavy atom. The van der Waals surface area contributed by atoms with Gasteiger partial charge in [-0.15, -0.1) is 0 Å².